The first-order chi connectivity index (χ1) is 26.1. The van der Waals surface area contributed by atoms with E-state index in [0.29, 0.717) is 62.7 Å². The number of nitrogens with zero attached hydrogens (tertiary/aromatic N) is 3. The summed E-state index contributed by atoms with van der Waals surface area (Å²) in [4.78, 5) is 30.4. The Bertz CT molecular complexity index is 2110. The molecule has 2 aliphatic carbocycles. The predicted molar refractivity (Wildman–Crippen MR) is 208 cm³/mol. The van der Waals surface area contributed by atoms with Crippen LogP contribution in [-0.4, -0.2) is 73.0 Å². The second-order valence-electron chi connectivity index (χ2n) is 15.7. The van der Waals surface area contributed by atoms with Gasteiger partial charge in [-0.1, -0.05) is 36.7 Å². The molecule has 1 spiro atoms. The maximum absolute atomic E-state index is 14.8. The molecule has 2 aromatic carbocycles. The van der Waals surface area contributed by atoms with E-state index in [1.54, 1.807) is 19.4 Å². The second-order valence-corrected chi connectivity index (χ2v) is 18.1. The molecule has 6 atom stereocenters. The lowest BCUT2D eigenvalue weighted by Gasteiger charge is -2.46. The number of amides is 2. The summed E-state index contributed by atoms with van der Waals surface area (Å²) in [6, 6.07) is 11.6. The molecule has 54 heavy (non-hydrogen) atoms. The van der Waals surface area contributed by atoms with E-state index in [-0.39, 0.29) is 34.3 Å². The van der Waals surface area contributed by atoms with E-state index in [2.05, 4.69) is 38.3 Å². The number of carbonyl (C=O) groups excluding carboxylic acids is 2. The van der Waals surface area contributed by atoms with Gasteiger partial charge in [0.25, 0.3) is 11.8 Å². The van der Waals surface area contributed by atoms with E-state index in [4.69, 9.17) is 30.5 Å². The van der Waals surface area contributed by atoms with Crippen LogP contribution in [0.3, 0.4) is 0 Å². The Morgan fingerprint density at radius 3 is 2.83 bits per heavy atom. The Morgan fingerprint density at radius 1 is 1.17 bits per heavy atom. The van der Waals surface area contributed by atoms with Crippen LogP contribution in [0.25, 0.3) is 0 Å². The van der Waals surface area contributed by atoms with Gasteiger partial charge in [-0.2, -0.15) is 0 Å². The zero-order valence-electron chi connectivity index (χ0n) is 31.2. The predicted octanol–water partition coefficient (Wildman–Crippen LogP) is 6.74. The van der Waals surface area contributed by atoms with Gasteiger partial charge in [-0.05, 0) is 97.7 Å². The quantitative estimate of drug-likeness (QED) is 0.290. The number of carbonyl (C=O) groups is 2. The Balaban J connectivity index is 1.19. The maximum Gasteiger partial charge on any atom is 0.286 e. The second kappa shape index (κ2) is 15.0. The maximum atomic E-state index is 14.8. The monoisotopic (exact) mass is 776 g/mol. The number of aryl methyl sites for hydroxylation is 1. The third-order valence-electron chi connectivity index (χ3n) is 12.1. The van der Waals surface area contributed by atoms with E-state index < -0.39 is 21.7 Å². The van der Waals surface area contributed by atoms with Gasteiger partial charge in [0.05, 0.1) is 50.2 Å². The highest BCUT2D eigenvalue weighted by Crippen LogP contribution is 2.47. The van der Waals surface area contributed by atoms with Gasteiger partial charge in [-0.3, -0.25) is 14.3 Å². The minimum Gasteiger partial charge on any atom is -0.494 e. The number of halogens is 1. The molecule has 11 nitrogen and oxygen atoms in total. The van der Waals surface area contributed by atoms with Crippen molar-refractivity contribution >= 4 is 39.0 Å². The molecule has 1 N–H and O–H groups in total. The molecular weight excluding hydrogens is 728 g/mol. The lowest BCUT2D eigenvalue weighted by Crippen LogP contribution is -2.49. The van der Waals surface area contributed by atoms with Gasteiger partial charge in [-0.15, -0.1) is 4.36 Å². The van der Waals surface area contributed by atoms with Gasteiger partial charge >= 0.3 is 0 Å². The first kappa shape index (κ1) is 37.1. The summed E-state index contributed by atoms with van der Waals surface area (Å²) < 4.78 is 47.7. The molecule has 3 aliphatic heterocycles. The first-order valence-corrected chi connectivity index (χ1v) is 21.1. The molecule has 4 heterocycles. The summed E-state index contributed by atoms with van der Waals surface area (Å²) in [5.74, 6) is 0.278. The average Bonchev–Trinajstić information content (AvgIpc) is 3.45. The molecule has 5 aliphatic rings. The lowest BCUT2D eigenvalue weighted by atomic mass is 9.68. The Kier molecular flexibility index (Phi) is 10.3. The summed E-state index contributed by atoms with van der Waals surface area (Å²) in [5, 5.41) is 0.736. The van der Waals surface area contributed by atoms with Crippen LogP contribution < -0.4 is 19.1 Å². The zero-order chi connectivity index (χ0) is 37.6. The molecule has 0 radical (unpaired) electrons. The van der Waals surface area contributed by atoms with Gasteiger partial charge in [0.2, 0.25) is 0 Å². The largest absolute Gasteiger partial charge is 0.494 e. The molecule has 0 saturated heterocycles. The number of benzene rings is 2. The number of methoxy groups -OCH3 is 2. The van der Waals surface area contributed by atoms with Crippen LogP contribution in [0.15, 0.2) is 59.1 Å². The number of hydrogen-bond donors (Lipinski definition) is 1. The molecule has 1 saturated carbocycles. The van der Waals surface area contributed by atoms with Crippen LogP contribution in [-0.2, 0) is 44.4 Å². The molecule has 13 heteroatoms. The molecule has 2 amide bonds. The summed E-state index contributed by atoms with van der Waals surface area (Å²) >= 11 is 6.47. The minimum atomic E-state index is -3.61. The van der Waals surface area contributed by atoms with Crippen LogP contribution in [0, 0.1) is 17.8 Å². The van der Waals surface area contributed by atoms with Crippen molar-refractivity contribution in [3.8, 4) is 11.5 Å². The van der Waals surface area contributed by atoms with Crippen LogP contribution in [0.2, 0.25) is 5.02 Å². The molecule has 1 unspecified atom stereocenters. The van der Waals surface area contributed by atoms with Crippen molar-refractivity contribution in [2.24, 2.45) is 22.1 Å². The summed E-state index contributed by atoms with van der Waals surface area (Å²) in [5.41, 5.74) is 4.30. The Morgan fingerprint density at radius 2 is 2.04 bits per heavy atom. The standard InChI is InChI=1S/C41H49ClN4O7S/c1-26-6-4-8-36(50-2)31-12-9-29(31)20-46-24-41(15-5-7-27-18-30(42)11-13-33(27)41)25-53-37-14-10-28(19-34(37)46)39(47)43-54(49,23-26)44-40(48)32-21-45-16-17-52-22-35(45)38(32)51-3/h4,8,10-11,13-14,18-19,21,26,29,31,36H,5-7,9,12,15-17,20,22-25H2,1-3H3,(H,43,44,47,48,49)/b8-4-/t26-,29-,31+,36-,41-,54?/m0/s1. The van der Waals surface area contributed by atoms with Crippen LogP contribution in [0.5, 0.6) is 11.5 Å². The van der Waals surface area contributed by atoms with E-state index in [9.17, 15) is 13.8 Å². The Labute approximate surface area is 322 Å². The van der Waals surface area contributed by atoms with Gasteiger partial charge in [0.1, 0.15) is 21.2 Å². The van der Waals surface area contributed by atoms with Crippen molar-refractivity contribution in [2.75, 3.05) is 51.2 Å². The number of hydrogen-bond acceptors (Lipinski definition) is 8. The van der Waals surface area contributed by atoms with E-state index >= 15 is 0 Å². The zero-order valence-corrected chi connectivity index (χ0v) is 32.8. The van der Waals surface area contributed by atoms with Crippen molar-refractivity contribution < 1.29 is 32.7 Å². The van der Waals surface area contributed by atoms with Crippen molar-refractivity contribution in [1.82, 2.24) is 9.29 Å². The number of aromatic nitrogens is 1. The smallest absolute Gasteiger partial charge is 0.286 e. The van der Waals surface area contributed by atoms with Gasteiger partial charge in [-0.25, -0.2) is 4.21 Å². The summed E-state index contributed by atoms with van der Waals surface area (Å²) in [6.45, 7) is 5.29. The molecule has 2 bridgehead atoms. The van der Waals surface area contributed by atoms with E-state index in [1.165, 1.54) is 18.2 Å². The fraction of sp³-hybridized carbons (Fsp3) is 0.512. The number of fused-ring (bicyclic) bond motifs is 5. The van der Waals surface area contributed by atoms with E-state index in [0.717, 1.165) is 55.1 Å². The minimum absolute atomic E-state index is 0.0242. The van der Waals surface area contributed by atoms with Gasteiger partial charge in [0.15, 0.2) is 5.75 Å². The fourth-order valence-electron chi connectivity index (χ4n) is 9.21. The number of allylic oxidation sites excluding steroid dienone is 1. The molecule has 288 valence electrons. The fourth-order valence-corrected chi connectivity index (χ4v) is 11.3. The van der Waals surface area contributed by atoms with Crippen molar-refractivity contribution in [2.45, 2.75) is 70.1 Å². The first-order valence-electron chi connectivity index (χ1n) is 19.0. The van der Waals surface area contributed by atoms with Gasteiger partial charge < -0.3 is 28.4 Å². The number of anilines is 1. The van der Waals surface area contributed by atoms with Crippen molar-refractivity contribution in [3.05, 3.63) is 87.7 Å². The average molecular weight is 777 g/mol. The third-order valence-corrected chi connectivity index (χ3v) is 14.3. The molecular formula is C41H49ClN4O7S. The van der Waals surface area contributed by atoms with E-state index in [1.807, 2.05) is 29.7 Å². The SMILES string of the molecule is COc1c(C(=O)NS2(=O)=NC(=O)c3ccc4c(c3)N(C[C@@H]3CC[C@H]3[C@@H](OC)/C=C\C[C@H](C)C2)C[C@@]2(CCCc3cc(Cl)ccc32)CO4)cn2c1COCC2. The van der Waals surface area contributed by atoms with Crippen molar-refractivity contribution in [1.29, 1.82) is 0 Å². The van der Waals surface area contributed by atoms with Crippen LogP contribution >= 0.6 is 11.6 Å². The van der Waals surface area contributed by atoms with Crippen LogP contribution in [0.4, 0.5) is 5.69 Å². The number of nitrogens with one attached hydrogen (secondary N) is 1. The lowest BCUT2D eigenvalue weighted by molar-refractivity contribution is 0.0131. The summed E-state index contributed by atoms with van der Waals surface area (Å²) in [6.07, 6.45) is 11.5. The topological polar surface area (TPSA) is 121 Å². The highest BCUT2D eigenvalue weighted by atomic mass is 35.5. The highest BCUT2D eigenvalue weighted by Gasteiger charge is 2.44. The van der Waals surface area contributed by atoms with Crippen LogP contribution in [0.1, 0.15) is 76.6 Å². The summed E-state index contributed by atoms with van der Waals surface area (Å²) in [7, 11) is -0.353. The molecule has 8 rings (SSSR count). The van der Waals surface area contributed by atoms with Crippen molar-refractivity contribution in [3.63, 3.8) is 0 Å². The highest BCUT2D eigenvalue weighted by molar-refractivity contribution is 7.92. The molecule has 1 fully saturated rings. The third kappa shape index (κ3) is 7.06. The van der Waals surface area contributed by atoms with Gasteiger partial charge in [0, 0.05) is 48.9 Å². The molecule has 1 aromatic heterocycles. The Hall–Kier alpha value is -3.84. The number of rotatable bonds is 4. The molecule has 3 aromatic rings. The normalized spacial score (nSPS) is 30.0. The number of ether oxygens (including phenoxy) is 4.